The van der Waals surface area contributed by atoms with Gasteiger partial charge in [0, 0.05) is 12.6 Å². The first-order valence-electron chi connectivity index (χ1n) is 6.23. The molecule has 0 aliphatic carbocycles. The van der Waals surface area contributed by atoms with Gasteiger partial charge < -0.3 is 5.32 Å². The highest BCUT2D eigenvalue weighted by atomic mass is 32.2. The molecule has 18 heavy (non-hydrogen) atoms. The van der Waals surface area contributed by atoms with Crippen molar-refractivity contribution in [3.8, 4) is 0 Å². The van der Waals surface area contributed by atoms with Gasteiger partial charge in [0.1, 0.15) is 4.90 Å². The Morgan fingerprint density at radius 1 is 1.17 bits per heavy atom. The van der Waals surface area contributed by atoms with E-state index < -0.39 is 10.0 Å². The van der Waals surface area contributed by atoms with Gasteiger partial charge in [0.2, 0.25) is 10.0 Å². The predicted molar refractivity (Wildman–Crippen MR) is 75.2 cm³/mol. The Labute approximate surface area is 110 Å². The van der Waals surface area contributed by atoms with E-state index in [4.69, 9.17) is 0 Å². The Morgan fingerprint density at radius 3 is 2.33 bits per heavy atom. The van der Waals surface area contributed by atoms with Crippen LogP contribution in [0.2, 0.25) is 0 Å². The Hall–Kier alpha value is -1.07. The van der Waals surface area contributed by atoms with E-state index in [1.165, 1.54) is 0 Å². The van der Waals surface area contributed by atoms with E-state index >= 15 is 0 Å². The van der Waals surface area contributed by atoms with Gasteiger partial charge in [0.05, 0.1) is 5.69 Å². The van der Waals surface area contributed by atoms with E-state index in [-0.39, 0.29) is 6.04 Å². The summed E-state index contributed by atoms with van der Waals surface area (Å²) in [6.07, 6.45) is 0. The van der Waals surface area contributed by atoms with Crippen molar-refractivity contribution in [2.24, 2.45) is 5.92 Å². The second kappa shape index (κ2) is 6.20. The lowest BCUT2D eigenvalue weighted by molar-refractivity contribution is 0.557. The molecule has 0 amide bonds. The van der Waals surface area contributed by atoms with Gasteiger partial charge in [-0.2, -0.15) is 0 Å². The molecule has 0 heterocycles. The van der Waals surface area contributed by atoms with Crippen LogP contribution in [0, 0.1) is 5.92 Å². The molecule has 0 fully saturated rings. The van der Waals surface area contributed by atoms with E-state index in [0.29, 0.717) is 23.0 Å². The molecule has 0 aliphatic heterocycles. The largest absolute Gasteiger partial charge is 0.381 e. The normalized spacial score (nSPS) is 13.6. The molecule has 5 heteroatoms. The first-order valence-corrected chi connectivity index (χ1v) is 7.72. The third-order valence-electron chi connectivity index (χ3n) is 2.89. The van der Waals surface area contributed by atoms with Gasteiger partial charge in [-0.3, -0.25) is 0 Å². The molecule has 0 aliphatic rings. The fourth-order valence-electron chi connectivity index (χ4n) is 1.50. The minimum absolute atomic E-state index is 0.211. The lowest BCUT2D eigenvalue weighted by Gasteiger charge is -2.21. The van der Waals surface area contributed by atoms with Crippen molar-refractivity contribution in [1.82, 2.24) is 4.72 Å². The van der Waals surface area contributed by atoms with Crippen LogP contribution in [0.25, 0.3) is 0 Å². The van der Waals surface area contributed by atoms with Crippen LogP contribution < -0.4 is 10.0 Å². The van der Waals surface area contributed by atoms with Crippen molar-refractivity contribution in [1.29, 1.82) is 0 Å². The van der Waals surface area contributed by atoms with Crippen molar-refractivity contribution < 1.29 is 8.42 Å². The van der Waals surface area contributed by atoms with Gasteiger partial charge in [-0.15, -0.1) is 0 Å². The lowest BCUT2D eigenvalue weighted by atomic mass is 10.1. The smallest absolute Gasteiger partial charge is 0.242 e. The molecule has 2 N–H and O–H groups in total. The SMILES string of the molecule is CCNS(=O)(=O)c1ccccc1NC(C)C(C)C. The molecule has 0 aromatic heterocycles. The van der Waals surface area contributed by atoms with Crippen molar-refractivity contribution in [2.45, 2.75) is 38.6 Å². The fraction of sp³-hybridized carbons (Fsp3) is 0.538. The maximum Gasteiger partial charge on any atom is 0.242 e. The molecular weight excluding hydrogens is 248 g/mol. The number of hydrogen-bond donors (Lipinski definition) is 2. The maximum absolute atomic E-state index is 12.1. The third kappa shape index (κ3) is 3.71. The Balaban J connectivity index is 3.07. The van der Waals surface area contributed by atoms with Crippen molar-refractivity contribution in [3.05, 3.63) is 24.3 Å². The Morgan fingerprint density at radius 2 is 1.78 bits per heavy atom. The van der Waals surface area contributed by atoms with Crippen molar-refractivity contribution >= 4 is 15.7 Å². The molecule has 1 unspecified atom stereocenters. The number of hydrogen-bond acceptors (Lipinski definition) is 3. The highest BCUT2D eigenvalue weighted by Gasteiger charge is 2.18. The van der Waals surface area contributed by atoms with Gasteiger partial charge in [-0.25, -0.2) is 13.1 Å². The predicted octanol–water partition coefficient (Wildman–Crippen LogP) is 2.44. The van der Waals surface area contributed by atoms with Gasteiger partial charge in [0.25, 0.3) is 0 Å². The molecular formula is C13H22N2O2S. The summed E-state index contributed by atoms with van der Waals surface area (Å²) in [5.74, 6) is 0.430. The number of rotatable bonds is 6. The second-order valence-electron chi connectivity index (χ2n) is 4.67. The summed E-state index contributed by atoms with van der Waals surface area (Å²) in [6, 6.07) is 7.19. The first kappa shape index (κ1) is 15.0. The summed E-state index contributed by atoms with van der Waals surface area (Å²) in [5, 5.41) is 3.26. The molecule has 102 valence electrons. The van der Waals surface area contributed by atoms with E-state index in [1.54, 1.807) is 25.1 Å². The number of sulfonamides is 1. The number of para-hydroxylation sites is 1. The summed E-state index contributed by atoms with van der Waals surface area (Å²) >= 11 is 0. The topological polar surface area (TPSA) is 58.2 Å². The average Bonchev–Trinajstić information content (AvgIpc) is 2.29. The van der Waals surface area contributed by atoms with Crippen LogP contribution in [0.5, 0.6) is 0 Å². The average molecular weight is 270 g/mol. The van der Waals surface area contributed by atoms with Crippen LogP contribution in [0.15, 0.2) is 29.2 Å². The van der Waals surface area contributed by atoms with Gasteiger partial charge in [-0.05, 0) is 25.0 Å². The van der Waals surface area contributed by atoms with Crippen LogP contribution in [0.1, 0.15) is 27.7 Å². The third-order valence-corrected chi connectivity index (χ3v) is 4.50. The number of anilines is 1. The maximum atomic E-state index is 12.1. The van der Waals surface area contributed by atoms with Crippen LogP contribution >= 0.6 is 0 Å². The van der Waals surface area contributed by atoms with E-state index in [2.05, 4.69) is 23.9 Å². The standard InChI is InChI=1S/C13H22N2O2S/c1-5-14-18(16,17)13-9-7-6-8-12(13)15-11(4)10(2)3/h6-11,14-15H,5H2,1-4H3. The zero-order valence-electron chi connectivity index (χ0n) is 11.4. The summed E-state index contributed by atoms with van der Waals surface area (Å²) in [6.45, 7) is 8.39. The Kier molecular flexibility index (Phi) is 5.16. The minimum atomic E-state index is -3.42. The summed E-state index contributed by atoms with van der Waals surface area (Å²) in [4.78, 5) is 0.305. The van der Waals surface area contributed by atoms with Crippen molar-refractivity contribution in [2.75, 3.05) is 11.9 Å². The highest BCUT2D eigenvalue weighted by molar-refractivity contribution is 7.89. The van der Waals surface area contributed by atoms with Gasteiger partial charge >= 0.3 is 0 Å². The monoisotopic (exact) mass is 270 g/mol. The minimum Gasteiger partial charge on any atom is -0.381 e. The zero-order chi connectivity index (χ0) is 13.8. The molecule has 1 aromatic rings. The first-order chi connectivity index (χ1) is 8.38. The molecule has 4 nitrogen and oxygen atoms in total. The molecule has 0 bridgehead atoms. The van der Waals surface area contributed by atoms with Crippen LogP contribution in [0.3, 0.4) is 0 Å². The number of benzene rings is 1. The van der Waals surface area contributed by atoms with Gasteiger partial charge in [0.15, 0.2) is 0 Å². The molecule has 1 aromatic carbocycles. The quantitative estimate of drug-likeness (QED) is 0.834. The van der Waals surface area contributed by atoms with Crippen LogP contribution in [-0.2, 0) is 10.0 Å². The zero-order valence-corrected chi connectivity index (χ0v) is 12.2. The van der Waals surface area contributed by atoms with Gasteiger partial charge in [-0.1, -0.05) is 32.9 Å². The Bertz CT molecular complexity index is 484. The molecule has 1 rings (SSSR count). The fourth-order valence-corrected chi connectivity index (χ4v) is 2.71. The summed E-state index contributed by atoms with van der Waals surface area (Å²) in [5.41, 5.74) is 0.652. The summed E-state index contributed by atoms with van der Waals surface area (Å²) < 4.78 is 26.6. The molecule has 0 spiro atoms. The molecule has 0 radical (unpaired) electrons. The second-order valence-corrected chi connectivity index (χ2v) is 6.41. The van der Waals surface area contributed by atoms with E-state index in [1.807, 2.05) is 13.0 Å². The molecule has 0 saturated heterocycles. The molecule has 1 atom stereocenters. The lowest BCUT2D eigenvalue weighted by Crippen LogP contribution is -2.27. The highest BCUT2D eigenvalue weighted by Crippen LogP contribution is 2.22. The van der Waals surface area contributed by atoms with Crippen LogP contribution in [-0.4, -0.2) is 21.0 Å². The summed E-state index contributed by atoms with van der Waals surface area (Å²) in [7, 11) is -3.42. The van der Waals surface area contributed by atoms with E-state index in [0.717, 1.165) is 0 Å². The van der Waals surface area contributed by atoms with Crippen molar-refractivity contribution in [3.63, 3.8) is 0 Å². The van der Waals surface area contributed by atoms with E-state index in [9.17, 15) is 8.42 Å². The van der Waals surface area contributed by atoms with Crippen LogP contribution in [0.4, 0.5) is 5.69 Å². The number of nitrogens with one attached hydrogen (secondary N) is 2. The molecule has 0 saturated carbocycles.